The summed E-state index contributed by atoms with van der Waals surface area (Å²) in [5.74, 6) is -0.335. The first kappa shape index (κ1) is 23.9. The Labute approximate surface area is 215 Å². The van der Waals surface area contributed by atoms with E-state index in [4.69, 9.17) is 22.3 Å². The fourth-order valence-corrected chi connectivity index (χ4v) is 6.18. The highest BCUT2D eigenvalue weighted by atomic mass is 35.5. The fourth-order valence-electron chi connectivity index (χ4n) is 4.40. The van der Waals surface area contributed by atoms with Crippen LogP contribution < -0.4 is 5.73 Å². The molecule has 1 saturated heterocycles. The maximum atomic E-state index is 13.9. The zero-order valence-electron chi connectivity index (χ0n) is 18.5. The van der Waals surface area contributed by atoms with Crippen LogP contribution in [-0.2, 0) is 0 Å². The van der Waals surface area contributed by atoms with Crippen molar-refractivity contribution in [1.82, 2.24) is 14.3 Å². The number of aromatic nitrogens is 2. The van der Waals surface area contributed by atoms with Gasteiger partial charge in [-0.05, 0) is 79.0 Å². The lowest BCUT2D eigenvalue weighted by Gasteiger charge is -2.45. The second kappa shape index (κ2) is 10.0. The Morgan fingerprint density at radius 1 is 1.26 bits per heavy atom. The largest absolute Gasteiger partial charge is 0.404 e. The number of fused-ring (bicyclic) bond motifs is 1. The van der Waals surface area contributed by atoms with Gasteiger partial charge in [0.25, 0.3) is 0 Å². The number of piperidine rings is 1. The van der Waals surface area contributed by atoms with Crippen molar-refractivity contribution < 1.29 is 9.18 Å². The number of nitrogens with two attached hydrogens (primary N) is 1. The average molecular weight is 526 g/mol. The third-order valence-corrected chi connectivity index (χ3v) is 8.11. The van der Waals surface area contributed by atoms with E-state index in [9.17, 15) is 9.18 Å². The number of halogens is 2. The van der Waals surface area contributed by atoms with Gasteiger partial charge in [0.2, 0.25) is 5.78 Å². The molecule has 6 nitrogen and oxygen atoms in total. The molecular formula is C25H21ClFN5OS2. The van der Waals surface area contributed by atoms with Gasteiger partial charge >= 0.3 is 0 Å². The SMILES string of the molecule is NC=C1CC2(C(=O)c3nccs3)CN(Sc3ccc(Cl)nc3)CCC2=CC1=Nc1ccc(F)cc1. The van der Waals surface area contributed by atoms with Crippen LogP contribution in [0.5, 0.6) is 0 Å². The Kier molecular flexibility index (Phi) is 6.84. The third kappa shape index (κ3) is 4.95. The van der Waals surface area contributed by atoms with E-state index in [1.807, 2.05) is 17.5 Å². The van der Waals surface area contributed by atoms with Crippen molar-refractivity contribution in [2.75, 3.05) is 13.1 Å². The normalized spacial score (nSPS) is 22.7. The van der Waals surface area contributed by atoms with E-state index in [0.717, 1.165) is 22.6 Å². The van der Waals surface area contributed by atoms with Gasteiger partial charge in [-0.25, -0.2) is 23.7 Å². The van der Waals surface area contributed by atoms with Crippen molar-refractivity contribution in [2.45, 2.75) is 17.7 Å². The molecule has 178 valence electrons. The molecule has 2 N–H and O–H groups in total. The Morgan fingerprint density at radius 2 is 2.09 bits per heavy atom. The predicted molar refractivity (Wildman–Crippen MR) is 139 cm³/mol. The summed E-state index contributed by atoms with van der Waals surface area (Å²) in [5.41, 5.74) is 8.33. The zero-order chi connectivity index (χ0) is 24.4. The molecule has 1 fully saturated rings. The summed E-state index contributed by atoms with van der Waals surface area (Å²) in [6.45, 7) is 1.24. The number of pyridine rings is 1. The van der Waals surface area contributed by atoms with Crippen LogP contribution in [0.4, 0.5) is 10.1 Å². The summed E-state index contributed by atoms with van der Waals surface area (Å²) in [7, 11) is 0. The molecule has 3 aromatic rings. The number of nitrogens with zero attached hydrogens (tertiary/aromatic N) is 4. The van der Waals surface area contributed by atoms with Gasteiger partial charge in [0, 0.05) is 35.8 Å². The fraction of sp³-hybridized carbons (Fsp3) is 0.200. The van der Waals surface area contributed by atoms with Crippen molar-refractivity contribution in [3.63, 3.8) is 0 Å². The number of thiazole rings is 1. The monoisotopic (exact) mass is 525 g/mol. The van der Waals surface area contributed by atoms with Crippen molar-refractivity contribution in [3.05, 3.63) is 93.6 Å². The standard InChI is InChI=1S/C25H21ClFN5OS2/c26-22-6-5-20(14-30-22)35-32-9-7-17-11-21(31-19-3-1-18(27)2-4-19)16(13-28)12-25(17,15-32)23(33)24-29-8-10-34-24/h1-6,8,10-11,13-14H,7,9,12,15,28H2. The van der Waals surface area contributed by atoms with Gasteiger partial charge < -0.3 is 5.73 Å². The van der Waals surface area contributed by atoms with Crippen molar-refractivity contribution in [2.24, 2.45) is 16.1 Å². The summed E-state index contributed by atoms with van der Waals surface area (Å²) in [5, 5.41) is 2.73. The first-order chi connectivity index (χ1) is 17.0. The van der Waals surface area contributed by atoms with Crippen LogP contribution in [0.1, 0.15) is 22.6 Å². The molecule has 2 aliphatic rings. The first-order valence-corrected chi connectivity index (χ1v) is 13.0. The quantitative estimate of drug-likeness (QED) is 0.255. The van der Waals surface area contributed by atoms with Crippen molar-refractivity contribution >= 4 is 52.1 Å². The topological polar surface area (TPSA) is 84.5 Å². The Hall–Kier alpha value is -2.85. The molecule has 35 heavy (non-hydrogen) atoms. The minimum absolute atomic E-state index is 0.0153. The number of rotatable bonds is 5. The van der Waals surface area contributed by atoms with Gasteiger partial charge in [-0.15, -0.1) is 11.3 Å². The Bertz CT molecular complexity index is 1320. The smallest absolute Gasteiger partial charge is 0.203 e. The van der Waals surface area contributed by atoms with Crippen LogP contribution in [0.2, 0.25) is 5.15 Å². The van der Waals surface area contributed by atoms with E-state index in [1.54, 1.807) is 42.5 Å². The molecule has 0 radical (unpaired) electrons. The molecule has 1 aliphatic heterocycles. The first-order valence-electron chi connectivity index (χ1n) is 10.9. The molecule has 1 atom stereocenters. The predicted octanol–water partition coefficient (Wildman–Crippen LogP) is 5.86. The van der Waals surface area contributed by atoms with E-state index in [2.05, 4.69) is 14.3 Å². The maximum absolute atomic E-state index is 13.9. The second-order valence-corrected chi connectivity index (χ2v) is 10.7. The number of aliphatic imine (C=N–C) groups is 1. The molecule has 0 amide bonds. The van der Waals surface area contributed by atoms with E-state index in [-0.39, 0.29) is 11.6 Å². The van der Waals surface area contributed by atoms with Gasteiger partial charge in [-0.2, -0.15) is 0 Å². The van der Waals surface area contributed by atoms with Crippen LogP contribution in [0.25, 0.3) is 0 Å². The van der Waals surface area contributed by atoms with Crippen molar-refractivity contribution in [3.8, 4) is 0 Å². The van der Waals surface area contributed by atoms with Gasteiger partial charge in [0.15, 0.2) is 5.01 Å². The molecular weight excluding hydrogens is 505 g/mol. The minimum atomic E-state index is -0.810. The van der Waals surface area contributed by atoms with E-state index in [0.29, 0.717) is 40.9 Å². The third-order valence-electron chi connectivity index (χ3n) is 6.10. The molecule has 0 saturated carbocycles. The average Bonchev–Trinajstić information content (AvgIpc) is 3.41. The van der Waals surface area contributed by atoms with E-state index >= 15 is 0 Å². The number of Topliss-reactive ketones (excluding diaryl/α,β-unsaturated/α-hetero) is 1. The molecule has 5 rings (SSSR count). The minimum Gasteiger partial charge on any atom is -0.404 e. The number of carbonyl (C=O) groups excluding carboxylic acids is 1. The second-order valence-electron chi connectivity index (χ2n) is 8.28. The van der Waals surface area contributed by atoms with Crippen LogP contribution in [0, 0.1) is 11.2 Å². The maximum Gasteiger partial charge on any atom is 0.203 e. The van der Waals surface area contributed by atoms with Crippen LogP contribution in [0.15, 0.2) is 87.5 Å². The summed E-state index contributed by atoms with van der Waals surface area (Å²) in [4.78, 5) is 28.1. The number of allylic oxidation sites excluding steroid dienone is 2. The number of carbonyl (C=O) groups is 1. The molecule has 1 aliphatic carbocycles. The van der Waals surface area contributed by atoms with Crippen LogP contribution in [0.3, 0.4) is 0 Å². The molecule has 2 aromatic heterocycles. The van der Waals surface area contributed by atoms with E-state index in [1.165, 1.54) is 29.7 Å². The molecule has 3 heterocycles. The van der Waals surface area contributed by atoms with Gasteiger partial charge in [-0.3, -0.25) is 4.79 Å². The van der Waals surface area contributed by atoms with Crippen molar-refractivity contribution in [1.29, 1.82) is 0 Å². The number of ketones is 1. The lowest BCUT2D eigenvalue weighted by molar-refractivity contribution is 0.0781. The molecule has 1 aromatic carbocycles. The zero-order valence-corrected chi connectivity index (χ0v) is 20.9. The summed E-state index contributed by atoms with van der Waals surface area (Å²) < 4.78 is 15.5. The number of benzene rings is 1. The lowest BCUT2D eigenvalue weighted by atomic mass is 9.65. The van der Waals surface area contributed by atoms with Crippen LogP contribution in [-0.4, -0.2) is 38.9 Å². The Balaban J connectivity index is 1.53. The molecule has 0 spiro atoms. The summed E-state index contributed by atoms with van der Waals surface area (Å²) in [6, 6.07) is 9.66. The van der Waals surface area contributed by atoms with E-state index < -0.39 is 5.41 Å². The molecule has 1 unspecified atom stereocenters. The number of hydrogen-bond acceptors (Lipinski definition) is 8. The highest BCUT2D eigenvalue weighted by molar-refractivity contribution is 7.97. The highest BCUT2D eigenvalue weighted by Crippen LogP contribution is 2.48. The van der Waals surface area contributed by atoms with Gasteiger partial charge in [-0.1, -0.05) is 17.2 Å². The molecule has 10 heteroatoms. The Morgan fingerprint density at radius 3 is 2.77 bits per heavy atom. The van der Waals surface area contributed by atoms with Gasteiger partial charge in [0.1, 0.15) is 11.0 Å². The van der Waals surface area contributed by atoms with Crippen LogP contribution >= 0.6 is 34.9 Å². The highest BCUT2D eigenvalue weighted by Gasteiger charge is 2.50. The number of hydrogen-bond donors (Lipinski definition) is 1. The van der Waals surface area contributed by atoms with Gasteiger partial charge in [0.05, 0.1) is 16.8 Å². The summed E-state index contributed by atoms with van der Waals surface area (Å²) in [6.07, 6.45) is 7.96. The summed E-state index contributed by atoms with van der Waals surface area (Å²) >= 11 is 8.83. The molecule has 0 bridgehead atoms. The lowest BCUT2D eigenvalue weighted by Crippen LogP contribution is -2.49.